The van der Waals surface area contributed by atoms with Crippen molar-refractivity contribution in [1.82, 2.24) is 5.32 Å². The maximum absolute atomic E-state index is 12.9. The van der Waals surface area contributed by atoms with Crippen LogP contribution >= 0.6 is 0 Å². The van der Waals surface area contributed by atoms with E-state index in [0.717, 1.165) is 38.6 Å². The van der Waals surface area contributed by atoms with Gasteiger partial charge in [-0.25, -0.2) is 8.42 Å². The SMILES string of the molecule is CCNC1CCCCCCC1S(=O)(=O)CC1CCCC1. The zero-order chi connectivity index (χ0) is 14.4. The molecule has 0 aromatic rings. The first-order valence-electron chi connectivity index (χ1n) is 8.58. The molecule has 0 radical (unpaired) electrons. The minimum atomic E-state index is -2.94. The molecule has 0 saturated heterocycles. The molecule has 1 N–H and O–H groups in total. The molecule has 0 heterocycles. The highest BCUT2D eigenvalue weighted by molar-refractivity contribution is 7.92. The lowest BCUT2D eigenvalue weighted by atomic mass is 9.96. The Balaban J connectivity index is 2.05. The summed E-state index contributed by atoms with van der Waals surface area (Å²) in [6.45, 7) is 2.96. The van der Waals surface area contributed by atoms with Gasteiger partial charge in [-0.3, -0.25) is 0 Å². The molecule has 3 nitrogen and oxygen atoms in total. The second-order valence-electron chi connectivity index (χ2n) is 6.67. The second kappa shape index (κ2) is 7.79. The van der Waals surface area contributed by atoms with Crippen molar-refractivity contribution in [1.29, 1.82) is 0 Å². The molecule has 2 aliphatic carbocycles. The van der Waals surface area contributed by atoms with Crippen LogP contribution in [0.3, 0.4) is 0 Å². The summed E-state index contributed by atoms with van der Waals surface area (Å²) in [6.07, 6.45) is 11.3. The lowest BCUT2D eigenvalue weighted by molar-refractivity contribution is 0.390. The Morgan fingerprint density at radius 1 is 0.900 bits per heavy atom. The third kappa shape index (κ3) is 4.45. The van der Waals surface area contributed by atoms with E-state index in [0.29, 0.717) is 11.7 Å². The fraction of sp³-hybridized carbons (Fsp3) is 1.00. The van der Waals surface area contributed by atoms with Crippen molar-refractivity contribution in [3.8, 4) is 0 Å². The Morgan fingerprint density at radius 2 is 1.50 bits per heavy atom. The van der Waals surface area contributed by atoms with Crippen molar-refractivity contribution in [2.45, 2.75) is 82.4 Å². The van der Waals surface area contributed by atoms with Gasteiger partial charge < -0.3 is 5.32 Å². The fourth-order valence-corrected chi connectivity index (χ4v) is 6.50. The Morgan fingerprint density at radius 3 is 2.15 bits per heavy atom. The molecule has 2 rings (SSSR count). The van der Waals surface area contributed by atoms with Crippen LogP contribution in [-0.4, -0.2) is 32.0 Å². The molecule has 0 amide bonds. The van der Waals surface area contributed by atoms with Gasteiger partial charge in [0.15, 0.2) is 9.84 Å². The molecule has 2 unspecified atom stereocenters. The highest BCUT2D eigenvalue weighted by atomic mass is 32.2. The van der Waals surface area contributed by atoms with Crippen LogP contribution in [0.25, 0.3) is 0 Å². The first-order chi connectivity index (χ1) is 9.63. The summed E-state index contributed by atoms with van der Waals surface area (Å²) in [5, 5.41) is 3.32. The Hall–Kier alpha value is -0.0900. The maximum Gasteiger partial charge on any atom is 0.154 e. The van der Waals surface area contributed by atoms with E-state index in [1.807, 2.05) is 0 Å². The quantitative estimate of drug-likeness (QED) is 0.847. The highest BCUT2D eigenvalue weighted by Crippen LogP contribution is 2.30. The molecule has 0 aromatic heterocycles. The summed E-state index contributed by atoms with van der Waals surface area (Å²) in [5.74, 6) is 0.882. The lowest BCUT2D eigenvalue weighted by Gasteiger charge is -2.30. The van der Waals surface area contributed by atoms with E-state index in [4.69, 9.17) is 0 Å². The van der Waals surface area contributed by atoms with Crippen molar-refractivity contribution in [2.75, 3.05) is 12.3 Å². The number of hydrogen-bond donors (Lipinski definition) is 1. The molecule has 20 heavy (non-hydrogen) atoms. The van der Waals surface area contributed by atoms with E-state index >= 15 is 0 Å². The van der Waals surface area contributed by atoms with Crippen LogP contribution in [0.4, 0.5) is 0 Å². The Kier molecular flexibility index (Phi) is 6.34. The number of hydrogen-bond acceptors (Lipinski definition) is 3. The minimum Gasteiger partial charge on any atom is -0.313 e. The molecular formula is C16H31NO2S. The molecule has 2 saturated carbocycles. The molecular weight excluding hydrogens is 270 g/mol. The van der Waals surface area contributed by atoms with Gasteiger partial charge in [-0.1, -0.05) is 45.4 Å². The second-order valence-corrected chi connectivity index (χ2v) is 8.94. The molecule has 4 heteroatoms. The molecule has 118 valence electrons. The van der Waals surface area contributed by atoms with Gasteiger partial charge in [-0.15, -0.1) is 0 Å². The zero-order valence-electron chi connectivity index (χ0n) is 12.9. The lowest BCUT2D eigenvalue weighted by Crippen LogP contribution is -2.46. The Labute approximate surface area is 124 Å². The highest BCUT2D eigenvalue weighted by Gasteiger charge is 2.35. The monoisotopic (exact) mass is 301 g/mol. The summed E-state index contributed by atoms with van der Waals surface area (Å²) in [6, 6.07) is 0.187. The van der Waals surface area contributed by atoms with E-state index < -0.39 is 9.84 Å². The smallest absolute Gasteiger partial charge is 0.154 e. The third-order valence-electron chi connectivity index (χ3n) is 5.07. The number of rotatable bonds is 5. The average molecular weight is 301 g/mol. The molecule has 2 aliphatic rings. The topological polar surface area (TPSA) is 46.2 Å². The van der Waals surface area contributed by atoms with Crippen LogP contribution in [0.2, 0.25) is 0 Å². The van der Waals surface area contributed by atoms with Gasteiger partial charge in [0, 0.05) is 6.04 Å². The minimum absolute atomic E-state index is 0.136. The van der Waals surface area contributed by atoms with Crippen LogP contribution in [0.5, 0.6) is 0 Å². The number of nitrogens with one attached hydrogen (secondary N) is 1. The van der Waals surface area contributed by atoms with E-state index in [1.54, 1.807) is 0 Å². The normalized spacial score (nSPS) is 30.1. The molecule has 0 bridgehead atoms. The van der Waals surface area contributed by atoms with Crippen molar-refractivity contribution < 1.29 is 8.42 Å². The zero-order valence-corrected chi connectivity index (χ0v) is 13.8. The molecule has 0 aromatic carbocycles. The van der Waals surface area contributed by atoms with Crippen LogP contribution in [0.1, 0.15) is 71.1 Å². The van der Waals surface area contributed by atoms with Crippen LogP contribution in [0, 0.1) is 5.92 Å². The first kappa shape index (κ1) is 16.3. The van der Waals surface area contributed by atoms with Gasteiger partial charge in [0.25, 0.3) is 0 Å². The average Bonchev–Trinajstić information content (AvgIpc) is 2.84. The van der Waals surface area contributed by atoms with Crippen LogP contribution < -0.4 is 5.32 Å². The molecule has 0 spiro atoms. The van der Waals surface area contributed by atoms with Gasteiger partial charge >= 0.3 is 0 Å². The summed E-state index contributed by atoms with van der Waals surface area (Å²) in [7, 11) is -2.94. The van der Waals surface area contributed by atoms with E-state index in [1.165, 1.54) is 32.1 Å². The molecule has 0 aliphatic heterocycles. The predicted octanol–water partition coefficient (Wildman–Crippen LogP) is 3.29. The van der Waals surface area contributed by atoms with Crippen molar-refractivity contribution in [2.24, 2.45) is 5.92 Å². The standard InChI is InChI=1S/C16H31NO2S/c1-2-17-15-11-5-3-4-6-12-16(15)20(18,19)13-14-9-7-8-10-14/h14-17H,2-13H2,1H3. The summed E-state index contributed by atoms with van der Waals surface area (Å²) < 4.78 is 25.7. The van der Waals surface area contributed by atoms with Crippen LogP contribution in [-0.2, 0) is 9.84 Å². The maximum atomic E-state index is 12.9. The van der Waals surface area contributed by atoms with Crippen molar-refractivity contribution >= 4 is 9.84 Å². The van der Waals surface area contributed by atoms with E-state index in [-0.39, 0.29) is 11.3 Å². The van der Waals surface area contributed by atoms with Gasteiger partial charge in [0.1, 0.15) is 0 Å². The summed E-state index contributed by atoms with van der Waals surface area (Å²) in [4.78, 5) is 0. The Bertz CT molecular complexity index is 374. The summed E-state index contributed by atoms with van der Waals surface area (Å²) >= 11 is 0. The number of sulfone groups is 1. The summed E-state index contributed by atoms with van der Waals surface area (Å²) in [5.41, 5.74) is 0. The van der Waals surface area contributed by atoms with Crippen LogP contribution in [0.15, 0.2) is 0 Å². The largest absolute Gasteiger partial charge is 0.313 e. The third-order valence-corrected chi connectivity index (χ3v) is 7.50. The molecule has 2 fully saturated rings. The predicted molar refractivity (Wildman–Crippen MR) is 84.7 cm³/mol. The van der Waals surface area contributed by atoms with Crippen molar-refractivity contribution in [3.05, 3.63) is 0 Å². The fourth-order valence-electron chi connectivity index (χ4n) is 4.01. The van der Waals surface area contributed by atoms with E-state index in [2.05, 4.69) is 12.2 Å². The van der Waals surface area contributed by atoms with Gasteiger partial charge in [0.05, 0.1) is 11.0 Å². The first-order valence-corrected chi connectivity index (χ1v) is 10.3. The van der Waals surface area contributed by atoms with Gasteiger partial charge in [-0.2, -0.15) is 0 Å². The van der Waals surface area contributed by atoms with Crippen molar-refractivity contribution in [3.63, 3.8) is 0 Å². The molecule has 2 atom stereocenters. The van der Waals surface area contributed by atoms with Gasteiger partial charge in [0.2, 0.25) is 0 Å². The van der Waals surface area contributed by atoms with Gasteiger partial charge in [-0.05, 0) is 38.1 Å². The van der Waals surface area contributed by atoms with E-state index in [9.17, 15) is 8.42 Å².